The summed E-state index contributed by atoms with van der Waals surface area (Å²) in [4.78, 5) is 11.1. The third kappa shape index (κ3) is 3.14. The fourth-order valence-corrected chi connectivity index (χ4v) is 3.21. The Kier molecular flexibility index (Phi) is 4.20. The lowest BCUT2D eigenvalue weighted by Crippen LogP contribution is -2.36. The van der Waals surface area contributed by atoms with E-state index in [1.165, 1.54) is 5.56 Å². The fraction of sp³-hybridized carbons (Fsp3) is 0.278. The molecule has 1 aromatic carbocycles. The van der Waals surface area contributed by atoms with E-state index in [1.807, 2.05) is 24.4 Å². The maximum Gasteiger partial charge on any atom is 0.145 e. The highest BCUT2D eigenvalue weighted by atomic mass is 15.3. The van der Waals surface area contributed by atoms with Gasteiger partial charge in [-0.3, -0.25) is 10.4 Å². The molecule has 2 aromatic heterocycles. The molecule has 1 aliphatic rings. The minimum atomic E-state index is 0.0161. The molecule has 2 atom stereocenters. The van der Waals surface area contributed by atoms with Crippen molar-refractivity contribution < 1.29 is 0 Å². The first kappa shape index (κ1) is 14.8. The van der Waals surface area contributed by atoms with Gasteiger partial charge in [-0.2, -0.15) is 5.10 Å². The summed E-state index contributed by atoms with van der Waals surface area (Å²) in [6.45, 7) is 1.95. The van der Waals surface area contributed by atoms with Crippen LogP contribution in [-0.2, 0) is 0 Å². The number of hydrogen-bond donors (Lipinski definition) is 2. The smallest absolute Gasteiger partial charge is 0.145 e. The van der Waals surface area contributed by atoms with Crippen LogP contribution < -0.4 is 10.2 Å². The van der Waals surface area contributed by atoms with E-state index in [1.54, 1.807) is 6.33 Å². The van der Waals surface area contributed by atoms with Crippen LogP contribution in [0.25, 0.3) is 0 Å². The summed E-state index contributed by atoms with van der Waals surface area (Å²) in [5.74, 6) is 1.88. The Bertz CT molecular complexity index is 744. The highest BCUT2D eigenvalue weighted by Crippen LogP contribution is 2.23. The highest BCUT2D eigenvalue weighted by molar-refractivity contribution is 5.39. The number of nitrogens with zero attached hydrogens (tertiary/aromatic N) is 4. The molecule has 122 valence electrons. The maximum atomic E-state index is 4.45. The van der Waals surface area contributed by atoms with E-state index in [0.29, 0.717) is 6.04 Å². The standard InChI is InChI=1S/C18H20N6/c1-2-6-14(7-3-1)17(18-20-13-21-23-18)22-15-9-11-24(12-15)16-8-4-5-10-19-16/h1-8,10,13,15,17,22H,9,11-12H2,(H,20,21,23)/t15-,17-/m0/s1. The van der Waals surface area contributed by atoms with Gasteiger partial charge in [-0.1, -0.05) is 36.4 Å². The van der Waals surface area contributed by atoms with Gasteiger partial charge in [0, 0.05) is 25.3 Å². The van der Waals surface area contributed by atoms with Crippen LogP contribution in [0, 0.1) is 0 Å². The third-order valence-corrected chi connectivity index (χ3v) is 4.40. The number of pyridine rings is 1. The zero-order valence-electron chi connectivity index (χ0n) is 13.3. The van der Waals surface area contributed by atoms with Crippen LogP contribution in [0.15, 0.2) is 61.1 Å². The molecule has 2 N–H and O–H groups in total. The van der Waals surface area contributed by atoms with Crippen molar-refractivity contribution in [1.82, 2.24) is 25.5 Å². The van der Waals surface area contributed by atoms with Crippen LogP contribution in [0.2, 0.25) is 0 Å². The Balaban J connectivity index is 1.50. The molecule has 0 unspecified atom stereocenters. The number of benzene rings is 1. The monoisotopic (exact) mass is 320 g/mol. The number of aromatic amines is 1. The summed E-state index contributed by atoms with van der Waals surface area (Å²) in [5.41, 5.74) is 1.19. The lowest BCUT2D eigenvalue weighted by Gasteiger charge is -2.22. The summed E-state index contributed by atoms with van der Waals surface area (Å²) in [6.07, 6.45) is 4.48. The Morgan fingerprint density at radius 1 is 1.08 bits per heavy atom. The number of H-pyrrole nitrogens is 1. The average Bonchev–Trinajstić information content (AvgIpc) is 3.33. The maximum absolute atomic E-state index is 4.45. The van der Waals surface area contributed by atoms with Crippen molar-refractivity contribution in [3.05, 3.63) is 72.4 Å². The van der Waals surface area contributed by atoms with Gasteiger partial charge in [0.2, 0.25) is 0 Å². The van der Waals surface area contributed by atoms with Crippen LogP contribution >= 0.6 is 0 Å². The Hall–Kier alpha value is -2.73. The van der Waals surface area contributed by atoms with E-state index in [9.17, 15) is 0 Å². The molecule has 6 nitrogen and oxygen atoms in total. The second-order valence-corrected chi connectivity index (χ2v) is 6.00. The topological polar surface area (TPSA) is 69.7 Å². The lowest BCUT2D eigenvalue weighted by molar-refractivity contribution is 0.486. The normalized spacial score (nSPS) is 18.7. The second-order valence-electron chi connectivity index (χ2n) is 6.00. The number of hydrogen-bond acceptors (Lipinski definition) is 5. The first-order valence-electron chi connectivity index (χ1n) is 8.22. The van der Waals surface area contributed by atoms with Crippen molar-refractivity contribution in [1.29, 1.82) is 0 Å². The summed E-state index contributed by atoms with van der Waals surface area (Å²) in [5, 5.41) is 10.7. The van der Waals surface area contributed by atoms with Crippen molar-refractivity contribution in [3.8, 4) is 0 Å². The largest absolute Gasteiger partial charge is 0.355 e. The molecule has 0 spiro atoms. The van der Waals surface area contributed by atoms with Gasteiger partial charge in [0.15, 0.2) is 0 Å². The van der Waals surface area contributed by atoms with Crippen molar-refractivity contribution in [2.75, 3.05) is 18.0 Å². The SMILES string of the molecule is c1ccc([C@H](N[C@H]2CCN(c3ccccn3)C2)c2ncn[nH]2)cc1. The quantitative estimate of drug-likeness (QED) is 0.754. The number of nitrogens with one attached hydrogen (secondary N) is 2. The van der Waals surface area contributed by atoms with Gasteiger partial charge in [0.25, 0.3) is 0 Å². The first-order chi connectivity index (χ1) is 11.9. The van der Waals surface area contributed by atoms with Gasteiger partial charge < -0.3 is 4.90 Å². The molecule has 3 heterocycles. The third-order valence-electron chi connectivity index (χ3n) is 4.40. The van der Waals surface area contributed by atoms with Crippen molar-refractivity contribution in [3.63, 3.8) is 0 Å². The predicted molar refractivity (Wildman–Crippen MR) is 92.7 cm³/mol. The zero-order valence-corrected chi connectivity index (χ0v) is 13.3. The molecule has 0 amide bonds. The van der Waals surface area contributed by atoms with Crippen molar-refractivity contribution in [2.24, 2.45) is 0 Å². The highest BCUT2D eigenvalue weighted by Gasteiger charge is 2.27. The molecule has 1 saturated heterocycles. The van der Waals surface area contributed by atoms with Crippen LogP contribution in [-0.4, -0.2) is 39.3 Å². The van der Waals surface area contributed by atoms with Gasteiger partial charge >= 0.3 is 0 Å². The molecular weight excluding hydrogens is 300 g/mol. The van der Waals surface area contributed by atoms with Gasteiger partial charge in [0.05, 0.1) is 6.04 Å². The summed E-state index contributed by atoms with van der Waals surface area (Å²) in [6, 6.07) is 16.8. The Morgan fingerprint density at radius 3 is 2.71 bits per heavy atom. The van der Waals surface area contributed by atoms with Gasteiger partial charge in [-0.05, 0) is 24.1 Å². The van der Waals surface area contributed by atoms with Crippen LogP contribution in [0.3, 0.4) is 0 Å². The van der Waals surface area contributed by atoms with Crippen LogP contribution in [0.5, 0.6) is 0 Å². The van der Waals surface area contributed by atoms with E-state index in [-0.39, 0.29) is 6.04 Å². The zero-order chi connectivity index (χ0) is 16.2. The van der Waals surface area contributed by atoms with E-state index in [4.69, 9.17) is 0 Å². The molecule has 0 bridgehead atoms. The summed E-state index contributed by atoms with van der Waals surface area (Å²) < 4.78 is 0. The molecule has 1 aliphatic heterocycles. The molecule has 1 fully saturated rings. The van der Waals surface area contributed by atoms with Gasteiger partial charge in [0.1, 0.15) is 18.0 Å². The van der Waals surface area contributed by atoms with E-state index in [2.05, 4.69) is 60.7 Å². The minimum absolute atomic E-state index is 0.0161. The molecule has 6 heteroatoms. The van der Waals surface area contributed by atoms with Crippen LogP contribution in [0.4, 0.5) is 5.82 Å². The van der Waals surface area contributed by atoms with Crippen LogP contribution in [0.1, 0.15) is 23.9 Å². The van der Waals surface area contributed by atoms with Gasteiger partial charge in [-0.25, -0.2) is 9.97 Å². The molecular formula is C18H20N6. The minimum Gasteiger partial charge on any atom is -0.355 e. The van der Waals surface area contributed by atoms with Gasteiger partial charge in [-0.15, -0.1) is 0 Å². The Labute approximate surface area is 141 Å². The molecule has 24 heavy (non-hydrogen) atoms. The summed E-state index contributed by atoms with van der Waals surface area (Å²) in [7, 11) is 0. The molecule has 4 rings (SSSR count). The molecule has 0 saturated carbocycles. The van der Waals surface area contributed by atoms with Crippen molar-refractivity contribution >= 4 is 5.82 Å². The second kappa shape index (κ2) is 6.80. The first-order valence-corrected chi connectivity index (χ1v) is 8.22. The summed E-state index contributed by atoms with van der Waals surface area (Å²) >= 11 is 0. The van der Waals surface area contributed by atoms with E-state index < -0.39 is 0 Å². The Morgan fingerprint density at radius 2 is 1.96 bits per heavy atom. The number of aromatic nitrogens is 4. The molecule has 3 aromatic rings. The molecule has 0 aliphatic carbocycles. The molecule has 0 radical (unpaired) electrons. The fourth-order valence-electron chi connectivity index (χ4n) is 3.21. The van der Waals surface area contributed by atoms with E-state index >= 15 is 0 Å². The lowest BCUT2D eigenvalue weighted by atomic mass is 10.0. The van der Waals surface area contributed by atoms with Crippen molar-refractivity contribution in [2.45, 2.75) is 18.5 Å². The number of anilines is 1. The predicted octanol–water partition coefficient (Wildman–Crippen LogP) is 2.16. The van der Waals surface area contributed by atoms with E-state index in [0.717, 1.165) is 31.2 Å². The average molecular weight is 320 g/mol. The number of rotatable bonds is 5.